The Bertz CT molecular complexity index is 610. The lowest BCUT2D eigenvalue weighted by atomic mass is 9.89. The Hall–Kier alpha value is -2.30. The van der Waals surface area contributed by atoms with Gasteiger partial charge < -0.3 is 14.6 Å². The van der Waals surface area contributed by atoms with E-state index < -0.39 is 17.9 Å². The average molecular weight is 276 g/mol. The van der Waals surface area contributed by atoms with Gasteiger partial charge in [-0.25, -0.2) is 0 Å². The van der Waals surface area contributed by atoms with Crippen molar-refractivity contribution >= 4 is 11.9 Å². The fourth-order valence-corrected chi connectivity index (χ4v) is 2.73. The molecule has 0 unspecified atom stereocenters. The SMILES string of the molecule is Cc1c2ccocc-2c(C(CC(=O)O)CC(=O)O)c1C. The van der Waals surface area contributed by atoms with Crippen LogP contribution in [-0.2, 0) is 9.59 Å². The van der Waals surface area contributed by atoms with E-state index in [9.17, 15) is 9.59 Å². The molecule has 0 saturated heterocycles. The van der Waals surface area contributed by atoms with Gasteiger partial charge in [0.15, 0.2) is 0 Å². The molecule has 0 aromatic rings. The lowest BCUT2D eigenvalue weighted by molar-refractivity contribution is -0.139. The van der Waals surface area contributed by atoms with E-state index in [1.807, 2.05) is 19.9 Å². The minimum absolute atomic E-state index is 0.208. The van der Waals surface area contributed by atoms with Crippen LogP contribution in [0.4, 0.5) is 0 Å². The van der Waals surface area contributed by atoms with E-state index in [4.69, 9.17) is 14.6 Å². The summed E-state index contributed by atoms with van der Waals surface area (Å²) in [6, 6.07) is 1.82. The Labute approximate surface area is 116 Å². The topological polar surface area (TPSA) is 87.7 Å². The van der Waals surface area contributed by atoms with E-state index in [0.29, 0.717) is 0 Å². The predicted octanol–water partition coefficient (Wildman–Crippen LogP) is 3.03. The highest BCUT2D eigenvalue weighted by molar-refractivity contribution is 5.80. The van der Waals surface area contributed by atoms with Crippen LogP contribution in [0.15, 0.2) is 23.0 Å². The number of carbonyl (C=O) groups is 2. The van der Waals surface area contributed by atoms with Crippen molar-refractivity contribution in [3.05, 3.63) is 35.3 Å². The molecule has 0 aromatic carbocycles. The molecule has 20 heavy (non-hydrogen) atoms. The number of aliphatic carboxylic acids is 2. The zero-order valence-electron chi connectivity index (χ0n) is 11.3. The van der Waals surface area contributed by atoms with Crippen LogP contribution in [0.1, 0.15) is 35.4 Å². The second-order valence-electron chi connectivity index (χ2n) is 4.94. The zero-order valence-corrected chi connectivity index (χ0v) is 11.3. The Kier molecular flexibility index (Phi) is 3.79. The number of hydrogen-bond acceptors (Lipinski definition) is 3. The fourth-order valence-electron chi connectivity index (χ4n) is 2.73. The molecule has 0 saturated carbocycles. The molecule has 5 nitrogen and oxygen atoms in total. The third kappa shape index (κ3) is 2.52. The first-order valence-electron chi connectivity index (χ1n) is 6.30. The van der Waals surface area contributed by atoms with Crippen LogP contribution in [0.5, 0.6) is 0 Å². The number of fused-ring (bicyclic) bond motifs is 1. The van der Waals surface area contributed by atoms with Crippen molar-refractivity contribution in [3.63, 3.8) is 0 Å². The van der Waals surface area contributed by atoms with Crippen molar-refractivity contribution in [1.29, 1.82) is 0 Å². The first-order chi connectivity index (χ1) is 9.41. The monoisotopic (exact) mass is 276 g/mol. The van der Waals surface area contributed by atoms with Gasteiger partial charge in [-0.15, -0.1) is 0 Å². The second-order valence-corrected chi connectivity index (χ2v) is 4.94. The Morgan fingerprint density at radius 1 is 1.10 bits per heavy atom. The molecule has 2 aliphatic rings. The lowest BCUT2D eigenvalue weighted by Gasteiger charge is -2.15. The number of carboxylic acids is 2. The van der Waals surface area contributed by atoms with E-state index in [1.54, 1.807) is 12.5 Å². The number of hydrogen-bond donors (Lipinski definition) is 2. The van der Waals surface area contributed by atoms with Crippen LogP contribution in [0.3, 0.4) is 0 Å². The third-order valence-corrected chi connectivity index (χ3v) is 3.70. The summed E-state index contributed by atoms with van der Waals surface area (Å²) in [4.78, 5) is 22.0. The summed E-state index contributed by atoms with van der Waals surface area (Å²) < 4.78 is 5.16. The molecular formula is C15H16O5. The van der Waals surface area contributed by atoms with E-state index in [2.05, 4.69) is 0 Å². The molecule has 0 atom stereocenters. The molecule has 0 spiro atoms. The molecule has 0 aromatic heterocycles. The van der Waals surface area contributed by atoms with E-state index in [1.165, 1.54) is 0 Å². The van der Waals surface area contributed by atoms with Crippen molar-refractivity contribution in [2.45, 2.75) is 32.6 Å². The highest BCUT2D eigenvalue weighted by Gasteiger charge is 2.28. The molecule has 0 bridgehead atoms. The molecule has 0 fully saturated rings. The first-order valence-corrected chi connectivity index (χ1v) is 6.30. The molecule has 106 valence electrons. The molecule has 1 heterocycles. The molecule has 5 heteroatoms. The molecule has 2 N–H and O–H groups in total. The summed E-state index contributed by atoms with van der Waals surface area (Å²) in [7, 11) is 0. The maximum absolute atomic E-state index is 11.0. The average Bonchev–Trinajstić information content (AvgIpc) is 2.61. The van der Waals surface area contributed by atoms with Gasteiger partial charge in [0.1, 0.15) is 0 Å². The van der Waals surface area contributed by atoms with Crippen molar-refractivity contribution in [2.24, 2.45) is 0 Å². The maximum Gasteiger partial charge on any atom is 0.303 e. The highest BCUT2D eigenvalue weighted by atomic mass is 16.4. The van der Waals surface area contributed by atoms with Gasteiger partial charge in [0.05, 0.1) is 25.4 Å². The van der Waals surface area contributed by atoms with Gasteiger partial charge in [-0.3, -0.25) is 9.59 Å². The molecule has 1 aliphatic heterocycles. The van der Waals surface area contributed by atoms with Crippen molar-refractivity contribution in [3.8, 4) is 11.1 Å². The third-order valence-electron chi connectivity index (χ3n) is 3.70. The minimum atomic E-state index is -1.00. The normalized spacial score (nSPS) is 11.2. The quantitative estimate of drug-likeness (QED) is 0.876. The van der Waals surface area contributed by atoms with Crippen LogP contribution in [0.25, 0.3) is 11.1 Å². The van der Waals surface area contributed by atoms with Crippen molar-refractivity contribution < 1.29 is 24.2 Å². The van der Waals surface area contributed by atoms with Crippen molar-refractivity contribution in [1.82, 2.24) is 0 Å². The molecular weight excluding hydrogens is 260 g/mol. The van der Waals surface area contributed by atoms with Gasteiger partial charge in [-0.05, 0) is 42.2 Å². The second kappa shape index (κ2) is 5.36. The summed E-state index contributed by atoms with van der Waals surface area (Å²) in [5.41, 5.74) is 4.52. The van der Waals surface area contributed by atoms with Crippen LogP contribution < -0.4 is 0 Å². The van der Waals surface area contributed by atoms with Crippen LogP contribution >= 0.6 is 0 Å². The summed E-state index contributed by atoms with van der Waals surface area (Å²) >= 11 is 0. The van der Waals surface area contributed by atoms with Crippen LogP contribution in [-0.4, -0.2) is 22.2 Å². The molecule has 1 aliphatic carbocycles. The zero-order chi connectivity index (χ0) is 14.9. The Balaban J connectivity index is 2.55. The highest BCUT2D eigenvalue weighted by Crippen LogP contribution is 2.42. The fraction of sp³-hybridized carbons (Fsp3) is 0.333. The van der Waals surface area contributed by atoms with Crippen LogP contribution in [0.2, 0.25) is 0 Å². The molecule has 0 radical (unpaired) electrons. The molecule has 0 amide bonds. The van der Waals surface area contributed by atoms with E-state index in [-0.39, 0.29) is 12.8 Å². The van der Waals surface area contributed by atoms with E-state index >= 15 is 0 Å². The molecule has 2 rings (SSSR count). The predicted molar refractivity (Wildman–Crippen MR) is 72.1 cm³/mol. The van der Waals surface area contributed by atoms with Gasteiger partial charge in [0.25, 0.3) is 0 Å². The Morgan fingerprint density at radius 2 is 1.70 bits per heavy atom. The van der Waals surface area contributed by atoms with Crippen LogP contribution in [0, 0.1) is 13.8 Å². The standard InChI is InChI=1S/C15H16O5/c1-8-9(2)15(12-7-20-4-3-11(8)12)10(5-13(16)17)6-14(18)19/h3-4,7,10H,5-6H2,1-2H3,(H,16,17)(H,18,19). The Morgan fingerprint density at radius 3 is 2.25 bits per heavy atom. The summed E-state index contributed by atoms with van der Waals surface area (Å²) in [6.07, 6.45) is 2.70. The van der Waals surface area contributed by atoms with Crippen molar-refractivity contribution in [2.75, 3.05) is 0 Å². The van der Waals surface area contributed by atoms with E-state index in [0.717, 1.165) is 27.8 Å². The number of rotatable bonds is 5. The summed E-state index contributed by atoms with van der Waals surface area (Å²) in [6.45, 7) is 3.83. The van der Waals surface area contributed by atoms with Gasteiger partial charge in [-0.1, -0.05) is 0 Å². The lowest BCUT2D eigenvalue weighted by Crippen LogP contribution is -2.12. The van der Waals surface area contributed by atoms with Gasteiger partial charge in [0.2, 0.25) is 0 Å². The van der Waals surface area contributed by atoms with Gasteiger partial charge in [-0.2, -0.15) is 0 Å². The van der Waals surface area contributed by atoms with Gasteiger partial charge in [0, 0.05) is 11.5 Å². The smallest absolute Gasteiger partial charge is 0.303 e. The van der Waals surface area contributed by atoms with Gasteiger partial charge >= 0.3 is 11.9 Å². The summed E-state index contributed by atoms with van der Waals surface area (Å²) in [5.74, 6) is -2.56. The largest absolute Gasteiger partial charge is 0.481 e. The first kappa shape index (κ1) is 14.1. The summed E-state index contributed by atoms with van der Waals surface area (Å²) in [5, 5.41) is 18.0. The number of carboxylic acid groups (broad SMARTS) is 2. The minimum Gasteiger partial charge on any atom is -0.481 e. The maximum atomic E-state index is 11.0.